The topological polar surface area (TPSA) is 92.2 Å². The number of nitrogens with one attached hydrogen (secondary N) is 3. The molecular formula is C26H34N8O. The van der Waals surface area contributed by atoms with Crippen molar-refractivity contribution in [1.82, 2.24) is 25.1 Å². The molecular weight excluding hydrogens is 440 g/mol. The zero-order valence-electron chi connectivity index (χ0n) is 21.3. The van der Waals surface area contributed by atoms with Gasteiger partial charge in [-0.1, -0.05) is 19.9 Å². The van der Waals surface area contributed by atoms with Crippen LogP contribution in [0, 0.1) is 0 Å². The van der Waals surface area contributed by atoms with Crippen LogP contribution >= 0.6 is 0 Å². The van der Waals surface area contributed by atoms with E-state index in [0.29, 0.717) is 11.9 Å². The minimum atomic E-state index is 0.456. The predicted octanol–water partition coefficient (Wildman–Crippen LogP) is 4.26. The smallest absolute Gasteiger partial charge is 0.144 e. The van der Waals surface area contributed by atoms with Crippen LogP contribution < -0.4 is 25.6 Å². The zero-order chi connectivity index (χ0) is 24.9. The fourth-order valence-electron chi connectivity index (χ4n) is 4.04. The molecule has 2 heterocycles. The molecule has 2 aromatic carbocycles. The highest BCUT2D eigenvalue weighted by Gasteiger charge is 2.15. The van der Waals surface area contributed by atoms with Gasteiger partial charge in [0.2, 0.25) is 0 Å². The molecule has 9 heteroatoms. The average molecular weight is 475 g/mol. The summed E-state index contributed by atoms with van der Waals surface area (Å²) < 4.78 is 7.59. The van der Waals surface area contributed by atoms with E-state index in [4.69, 9.17) is 4.74 Å². The number of ether oxygens (including phenoxy) is 1. The maximum atomic E-state index is 5.73. The lowest BCUT2D eigenvalue weighted by molar-refractivity contribution is 0.417. The van der Waals surface area contributed by atoms with Gasteiger partial charge in [0.15, 0.2) is 0 Å². The molecule has 3 N–H and O–H groups in total. The number of rotatable bonds is 10. The number of hydrogen-bond donors (Lipinski definition) is 3. The van der Waals surface area contributed by atoms with Gasteiger partial charge in [0.1, 0.15) is 17.9 Å². The van der Waals surface area contributed by atoms with Crippen LogP contribution in [0.15, 0.2) is 48.9 Å². The maximum Gasteiger partial charge on any atom is 0.144 e. The third-order valence-corrected chi connectivity index (χ3v) is 5.97. The average Bonchev–Trinajstić information content (AvgIpc) is 3.23. The Morgan fingerprint density at radius 1 is 1.09 bits per heavy atom. The molecule has 0 aliphatic heterocycles. The largest absolute Gasteiger partial charge is 0.494 e. The summed E-state index contributed by atoms with van der Waals surface area (Å²) >= 11 is 0. The number of methoxy groups -OCH3 is 1. The minimum absolute atomic E-state index is 0.456. The van der Waals surface area contributed by atoms with Crippen molar-refractivity contribution in [2.24, 2.45) is 7.05 Å². The molecule has 0 spiro atoms. The van der Waals surface area contributed by atoms with Crippen molar-refractivity contribution in [3.63, 3.8) is 0 Å². The Morgan fingerprint density at radius 2 is 1.91 bits per heavy atom. The van der Waals surface area contributed by atoms with Crippen LogP contribution in [0.2, 0.25) is 0 Å². The van der Waals surface area contributed by atoms with E-state index >= 15 is 0 Å². The summed E-state index contributed by atoms with van der Waals surface area (Å²) in [6.07, 6.45) is 3.43. The lowest BCUT2D eigenvalue weighted by Crippen LogP contribution is -2.33. The zero-order valence-corrected chi connectivity index (χ0v) is 21.3. The van der Waals surface area contributed by atoms with Gasteiger partial charge in [0.05, 0.1) is 41.6 Å². The first-order chi connectivity index (χ1) is 16.9. The van der Waals surface area contributed by atoms with E-state index < -0.39 is 0 Å². The number of aromatic nitrogens is 4. The summed E-state index contributed by atoms with van der Waals surface area (Å²) in [7, 11) is 7.62. The molecule has 35 heavy (non-hydrogen) atoms. The van der Waals surface area contributed by atoms with Gasteiger partial charge in [-0.05, 0) is 18.2 Å². The van der Waals surface area contributed by atoms with Crippen LogP contribution in [0.3, 0.4) is 0 Å². The number of aryl methyl sites for hydroxylation is 1. The van der Waals surface area contributed by atoms with Crippen LogP contribution in [0.25, 0.3) is 22.2 Å². The summed E-state index contributed by atoms with van der Waals surface area (Å²) in [6.45, 7) is 6.07. The Hall–Kier alpha value is -3.85. The van der Waals surface area contributed by atoms with Crippen LogP contribution in [0.1, 0.15) is 13.8 Å². The van der Waals surface area contributed by atoms with Crippen molar-refractivity contribution in [1.29, 1.82) is 0 Å². The van der Waals surface area contributed by atoms with Crippen molar-refractivity contribution < 1.29 is 4.74 Å². The highest BCUT2D eigenvalue weighted by molar-refractivity contribution is 5.85. The maximum absolute atomic E-state index is 5.73. The number of benzene rings is 2. The van der Waals surface area contributed by atoms with E-state index in [1.54, 1.807) is 13.4 Å². The monoisotopic (exact) mass is 474 g/mol. The molecule has 4 aromatic rings. The van der Waals surface area contributed by atoms with Gasteiger partial charge in [-0.3, -0.25) is 4.68 Å². The first-order valence-corrected chi connectivity index (χ1v) is 11.7. The molecule has 0 radical (unpaired) electrons. The van der Waals surface area contributed by atoms with E-state index in [1.165, 1.54) is 0 Å². The first-order valence-electron chi connectivity index (χ1n) is 11.7. The third kappa shape index (κ3) is 5.46. The van der Waals surface area contributed by atoms with E-state index in [-0.39, 0.29) is 0 Å². The standard InChI is InChI=1S/C26H34N8O/c1-17(2)28-9-10-33(4)24-14-25(35-6)22(12-21(24)27-3)32-26-13-20(29-16-30-26)18-7-8-23-19(11-18)15-31-34(23)5/h7-8,11-17,27-28H,9-10H2,1-6H3,(H,29,30,32). The molecule has 4 rings (SSSR count). The predicted molar refractivity (Wildman–Crippen MR) is 144 cm³/mol. The van der Waals surface area contributed by atoms with Gasteiger partial charge >= 0.3 is 0 Å². The van der Waals surface area contributed by atoms with E-state index in [1.807, 2.05) is 43.2 Å². The molecule has 2 aromatic heterocycles. The fraction of sp³-hybridized carbons (Fsp3) is 0.346. The van der Waals surface area contributed by atoms with E-state index in [2.05, 4.69) is 75.0 Å². The van der Waals surface area contributed by atoms with Gasteiger partial charge in [-0.15, -0.1) is 0 Å². The van der Waals surface area contributed by atoms with E-state index in [0.717, 1.165) is 58.1 Å². The van der Waals surface area contributed by atoms with Gasteiger partial charge < -0.3 is 25.6 Å². The molecule has 9 nitrogen and oxygen atoms in total. The molecule has 0 fully saturated rings. The second kappa shape index (κ2) is 10.6. The highest BCUT2D eigenvalue weighted by atomic mass is 16.5. The number of likely N-dealkylation sites (N-methyl/N-ethyl adjacent to an activating group) is 1. The lowest BCUT2D eigenvalue weighted by atomic mass is 10.1. The molecule has 0 aliphatic carbocycles. The van der Waals surface area contributed by atoms with Crippen molar-refractivity contribution in [3.05, 3.63) is 48.9 Å². The SMILES string of the molecule is CNc1cc(Nc2cc(-c3ccc4c(cnn4C)c3)ncn2)c(OC)cc1N(C)CCNC(C)C. The Balaban J connectivity index is 1.59. The first kappa shape index (κ1) is 24.3. The summed E-state index contributed by atoms with van der Waals surface area (Å²) in [5.74, 6) is 1.42. The van der Waals surface area contributed by atoms with E-state index in [9.17, 15) is 0 Å². The minimum Gasteiger partial charge on any atom is -0.494 e. The Kier molecular flexibility index (Phi) is 7.36. The second-order valence-corrected chi connectivity index (χ2v) is 8.81. The number of fused-ring (bicyclic) bond motifs is 1. The number of anilines is 4. The Morgan fingerprint density at radius 3 is 2.66 bits per heavy atom. The van der Waals surface area contributed by atoms with Crippen LogP contribution in [0.4, 0.5) is 22.9 Å². The van der Waals surface area contributed by atoms with Gasteiger partial charge in [-0.2, -0.15) is 5.10 Å². The van der Waals surface area contributed by atoms with Crippen LogP contribution in [-0.4, -0.2) is 60.1 Å². The Labute approximate surface area is 206 Å². The van der Waals surface area contributed by atoms with Gasteiger partial charge in [0.25, 0.3) is 0 Å². The summed E-state index contributed by atoms with van der Waals surface area (Å²) in [5, 5.41) is 15.6. The quantitative estimate of drug-likeness (QED) is 0.314. The summed E-state index contributed by atoms with van der Waals surface area (Å²) in [6, 6.07) is 12.7. The molecule has 0 saturated heterocycles. The third-order valence-electron chi connectivity index (χ3n) is 5.97. The van der Waals surface area contributed by atoms with Gasteiger partial charge in [0, 0.05) is 63.4 Å². The molecule has 0 amide bonds. The molecule has 0 bridgehead atoms. The van der Waals surface area contributed by atoms with Gasteiger partial charge in [-0.25, -0.2) is 9.97 Å². The molecule has 0 unspecified atom stereocenters. The fourth-order valence-corrected chi connectivity index (χ4v) is 4.04. The van der Waals surface area contributed by atoms with Crippen molar-refractivity contribution in [3.8, 4) is 17.0 Å². The Bertz CT molecular complexity index is 1300. The number of hydrogen-bond acceptors (Lipinski definition) is 8. The lowest BCUT2D eigenvalue weighted by Gasteiger charge is -2.25. The van der Waals surface area contributed by atoms with Crippen LogP contribution in [-0.2, 0) is 7.05 Å². The molecule has 184 valence electrons. The summed E-state index contributed by atoms with van der Waals surface area (Å²) in [4.78, 5) is 11.1. The van der Waals surface area contributed by atoms with Crippen molar-refractivity contribution in [2.75, 3.05) is 49.8 Å². The molecule has 0 saturated carbocycles. The van der Waals surface area contributed by atoms with Crippen LogP contribution in [0.5, 0.6) is 5.75 Å². The normalized spacial score (nSPS) is 11.2. The highest BCUT2D eigenvalue weighted by Crippen LogP contribution is 2.38. The summed E-state index contributed by atoms with van der Waals surface area (Å²) in [5.41, 5.74) is 5.79. The molecule has 0 atom stereocenters. The van der Waals surface area contributed by atoms with Crippen molar-refractivity contribution in [2.45, 2.75) is 19.9 Å². The van der Waals surface area contributed by atoms with Crippen molar-refractivity contribution >= 4 is 33.8 Å². The molecule has 0 aliphatic rings. The second-order valence-electron chi connectivity index (χ2n) is 8.81. The number of nitrogens with zero attached hydrogens (tertiary/aromatic N) is 5.